The molecular formula is C12H14F2OS. The lowest BCUT2D eigenvalue weighted by molar-refractivity contribution is 0.101. The van der Waals surface area contributed by atoms with E-state index >= 15 is 0 Å². The maximum atomic E-state index is 13.2. The molecule has 0 heterocycles. The summed E-state index contributed by atoms with van der Waals surface area (Å²) >= 11 is 1.41. The molecule has 0 N–H and O–H groups in total. The van der Waals surface area contributed by atoms with Gasteiger partial charge in [0.25, 0.3) is 0 Å². The number of hydrogen-bond acceptors (Lipinski definition) is 2. The Morgan fingerprint density at radius 3 is 2.44 bits per heavy atom. The number of thioether (sulfide) groups is 1. The fraction of sp³-hybridized carbons (Fsp3) is 0.417. The van der Waals surface area contributed by atoms with Crippen LogP contribution in [0.15, 0.2) is 18.2 Å². The first-order chi connectivity index (χ1) is 7.56. The van der Waals surface area contributed by atoms with Crippen LogP contribution in [-0.2, 0) is 0 Å². The largest absolute Gasteiger partial charge is 0.293 e. The van der Waals surface area contributed by atoms with Gasteiger partial charge in [-0.1, -0.05) is 19.9 Å². The zero-order valence-corrected chi connectivity index (χ0v) is 10.1. The van der Waals surface area contributed by atoms with Crippen molar-refractivity contribution in [2.45, 2.75) is 25.5 Å². The SMILES string of the molecule is CCC(C)SCC(=O)c1c(F)cccc1F. The van der Waals surface area contributed by atoms with Crippen LogP contribution < -0.4 is 0 Å². The fourth-order valence-corrected chi connectivity index (χ4v) is 1.99. The average molecular weight is 244 g/mol. The van der Waals surface area contributed by atoms with Gasteiger partial charge in [0.2, 0.25) is 0 Å². The maximum Gasteiger partial charge on any atom is 0.178 e. The molecule has 0 aliphatic rings. The molecule has 0 aliphatic carbocycles. The summed E-state index contributed by atoms with van der Waals surface area (Å²) in [6, 6.07) is 3.46. The molecule has 88 valence electrons. The summed E-state index contributed by atoms with van der Waals surface area (Å²) in [5.74, 6) is -1.93. The summed E-state index contributed by atoms with van der Waals surface area (Å²) < 4.78 is 26.5. The lowest BCUT2D eigenvalue weighted by Crippen LogP contribution is -2.10. The molecule has 1 aromatic carbocycles. The van der Waals surface area contributed by atoms with E-state index in [0.29, 0.717) is 5.25 Å². The van der Waals surface area contributed by atoms with Crippen molar-refractivity contribution in [1.29, 1.82) is 0 Å². The van der Waals surface area contributed by atoms with E-state index in [1.54, 1.807) is 0 Å². The molecule has 0 saturated carbocycles. The fourth-order valence-electron chi connectivity index (χ4n) is 1.17. The van der Waals surface area contributed by atoms with Crippen molar-refractivity contribution in [3.63, 3.8) is 0 Å². The average Bonchev–Trinajstić information content (AvgIpc) is 2.25. The normalized spacial score (nSPS) is 12.5. The van der Waals surface area contributed by atoms with E-state index in [1.807, 2.05) is 13.8 Å². The lowest BCUT2D eigenvalue weighted by Gasteiger charge is -2.08. The Bertz CT molecular complexity index is 359. The number of Topliss-reactive ketones (excluding diaryl/α,β-unsaturated/α-hetero) is 1. The Hall–Kier alpha value is -0.900. The topological polar surface area (TPSA) is 17.1 Å². The minimum atomic E-state index is -0.783. The third-order valence-electron chi connectivity index (χ3n) is 2.32. The van der Waals surface area contributed by atoms with Gasteiger partial charge in [0.15, 0.2) is 5.78 Å². The van der Waals surface area contributed by atoms with Crippen LogP contribution in [0.5, 0.6) is 0 Å². The van der Waals surface area contributed by atoms with E-state index in [2.05, 4.69) is 0 Å². The van der Waals surface area contributed by atoms with E-state index in [-0.39, 0.29) is 5.75 Å². The van der Waals surface area contributed by atoms with Crippen LogP contribution in [0.2, 0.25) is 0 Å². The van der Waals surface area contributed by atoms with Gasteiger partial charge in [-0.15, -0.1) is 0 Å². The van der Waals surface area contributed by atoms with E-state index in [9.17, 15) is 13.6 Å². The standard InChI is InChI=1S/C12H14F2OS/c1-3-8(2)16-7-11(15)12-9(13)5-4-6-10(12)14/h4-6,8H,3,7H2,1-2H3. The summed E-state index contributed by atoms with van der Waals surface area (Å²) in [5, 5.41) is 0.318. The molecule has 0 bridgehead atoms. The number of carbonyl (C=O) groups excluding carboxylic acids is 1. The summed E-state index contributed by atoms with van der Waals surface area (Å²) in [4.78, 5) is 11.6. The van der Waals surface area contributed by atoms with Gasteiger partial charge in [0.05, 0.1) is 11.3 Å². The van der Waals surface area contributed by atoms with Crippen molar-refractivity contribution in [1.82, 2.24) is 0 Å². The maximum absolute atomic E-state index is 13.2. The Morgan fingerprint density at radius 1 is 1.38 bits per heavy atom. The Labute approximate surface area is 98.2 Å². The first kappa shape index (κ1) is 13.2. The molecule has 1 atom stereocenters. The first-order valence-corrected chi connectivity index (χ1v) is 6.20. The smallest absolute Gasteiger partial charge is 0.178 e. The van der Waals surface area contributed by atoms with E-state index in [1.165, 1.54) is 17.8 Å². The van der Waals surface area contributed by atoms with E-state index < -0.39 is 23.0 Å². The highest BCUT2D eigenvalue weighted by molar-refractivity contribution is 8.00. The van der Waals surface area contributed by atoms with Gasteiger partial charge in [-0.05, 0) is 18.6 Å². The molecule has 1 rings (SSSR count). The second kappa shape index (κ2) is 5.99. The number of ketones is 1. The van der Waals surface area contributed by atoms with E-state index in [4.69, 9.17) is 0 Å². The summed E-state index contributed by atoms with van der Waals surface area (Å²) in [6.45, 7) is 3.99. The predicted molar refractivity (Wildman–Crippen MR) is 62.9 cm³/mol. The zero-order chi connectivity index (χ0) is 12.1. The molecule has 0 aromatic heterocycles. The molecule has 0 fully saturated rings. The molecule has 0 spiro atoms. The molecule has 1 nitrogen and oxygen atoms in total. The van der Waals surface area contributed by atoms with Crippen molar-refractivity contribution < 1.29 is 13.6 Å². The summed E-state index contributed by atoms with van der Waals surface area (Å²) in [5.41, 5.74) is -0.418. The molecule has 4 heteroatoms. The van der Waals surface area contributed by atoms with Gasteiger partial charge < -0.3 is 0 Å². The van der Waals surface area contributed by atoms with Crippen molar-refractivity contribution in [3.8, 4) is 0 Å². The Kier molecular flexibility index (Phi) is 4.93. The second-order valence-electron chi connectivity index (χ2n) is 3.55. The van der Waals surface area contributed by atoms with Crippen molar-refractivity contribution in [3.05, 3.63) is 35.4 Å². The quantitative estimate of drug-likeness (QED) is 0.735. The van der Waals surface area contributed by atoms with Crippen molar-refractivity contribution in [2.75, 3.05) is 5.75 Å². The minimum absolute atomic E-state index is 0.118. The van der Waals surface area contributed by atoms with Crippen LogP contribution in [0.3, 0.4) is 0 Å². The third kappa shape index (κ3) is 3.30. The van der Waals surface area contributed by atoms with Crippen LogP contribution >= 0.6 is 11.8 Å². The molecule has 16 heavy (non-hydrogen) atoms. The van der Waals surface area contributed by atoms with Gasteiger partial charge in [0, 0.05) is 5.25 Å². The molecule has 1 aromatic rings. The number of halogens is 2. The molecule has 0 saturated heterocycles. The van der Waals surface area contributed by atoms with Gasteiger partial charge in [0.1, 0.15) is 11.6 Å². The number of hydrogen-bond donors (Lipinski definition) is 0. The Morgan fingerprint density at radius 2 is 1.94 bits per heavy atom. The van der Waals surface area contributed by atoms with Crippen LogP contribution in [0.1, 0.15) is 30.6 Å². The summed E-state index contributed by atoms with van der Waals surface area (Å²) in [6.07, 6.45) is 0.928. The number of benzene rings is 1. The van der Waals surface area contributed by atoms with E-state index in [0.717, 1.165) is 18.6 Å². The minimum Gasteiger partial charge on any atom is -0.293 e. The van der Waals surface area contributed by atoms with Gasteiger partial charge in [-0.2, -0.15) is 11.8 Å². The number of carbonyl (C=O) groups is 1. The molecule has 1 unspecified atom stereocenters. The Balaban J connectivity index is 2.73. The van der Waals surface area contributed by atoms with Gasteiger partial charge in [-0.25, -0.2) is 8.78 Å². The lowest BCUT2D eigenvalue weighted by atomic mass is 10.1. The highest BCUT2D eigenvalue weighted by atomic mass is 32.2. The van der Waals surface area contributed by atoms with Gasteiger partial charge in [-0.3, -0.25) is 4.79 Å². The van der Waals surface area contributed by atoms with Crippen LogP contribution in [0, 0.1) is 11.6 Å². The highest BCUT2D eigenvalue weighted by Crippen LogP contribution is 2.18. The second-order valence-corrected chi connectivity index (χ2v) is 4.98. The van der Waals surface area contributed by atoms with Crippen LogP contribution in [-0.4, -0.2) is 16.8 Å². The molecule has 0 aliphatic heterocycles. The van der Waals surface area contributed by atoms with Crippen LogP contribution in [0.25, 0.3) is 0 Å². The zero-order valence-electron chi connectivity index (χ0n) is 9.30. The van der Waals surface area contributed by atoms with Crippen molar-refractivity contribution in [2.24, 2.45) is 0 Å². The number of rotatable bonds is 5. The monoisotopic (exact) mass is 244 g/mol. The van der Waals surface area contributed by atoms with Crippen LogP contribution in [0.4, 0.5) is 8.78 Å². The third-order valence-corrected chi connectivity index (χ3v) is 3.65. The van der Waals surface area contributed by atoms with Crippen molar-refractivity contribution >= 4 is 17.5 Å². The molecule has 0 amide bonds. The summed E-state index contributed by atoms with van der Waals surface area (Å²) in [7, 11) is 0. The molecule has 0 radical (unpaired) electrons. The van der Waals surface area contributed by atoms with Gasteiger partial charge >= 0.3 is 0 Å². The molecular weight excluding hydrogens is 230 g/mol. The first-order valence-electron chi connectivity index (χ1n) is 5.15. The predicted octanol–water partition coefficient (Wildman–Crippen LogP) is 3.68. The highest BCUT2D eigenvalue weighted by Gasteiger charge is 2.17.